The second-order valence-corrected chi connectivity index (χ2v) is 7.52. The predicted molar refractivity (Wildman–Crippen MR) is 83.5 cm³/mol. The molecule has 114 valence electrons. The SMILES string of the molecule is CCC(C)(C)OC1CC(C(C)(C)CC)CCC1NC. The average molecular weight is 269 g/mol. The fraction of sp³-hybridized carbons (Fsp3) is 1.00. The zero-order valence-electron chi connectivity index (χ0n) is 14.2. The van der Waals surface area contributed by atoms with Crippen molar-refractivity contribution in [3.63, 3.8) is 0 Å². The largest absolute Gasteiger partial charge is 0.371 e. The van der Waals surface area contributed by atoms with Gasteiger partial charge in [0.05, 0.1) is 11.7 Å². The zero-order valence-corrected chi connectivity index (χ0v) is 14.2. The Morgan fingerprint density at radius 1 is 1.05 bits per heavy atom. The van der Waals surface area contributed by atoms with Gasteiger partial charge in [-0.25, -0.2) is 0 Å². The lowest BCUT2D eigenvalue weighted by Crippen LogP contribution is -2.49. The maximum absolute atomic E-state index is 6.44. The first-order valence-corrected chi connectivity index (χ1v) is 8.10. The van der Waals surface area contributed by atoms with E-state index < -0.39 is 0 Å². The summed E-state index contributed by atoms with van der Waals surface area (Å²) < 4.78 is 6.44. The third-order valence-corrected chi connectivity index (χ3v) is 5.50. The van der Waals surface area contributed by atoms with Crippen molar-refractivity contribution in [2.45, 2.75) is 91.4 Å². The van der Waals surface area contributed by atoms with E-state index in [4.69, 9.17) is 4.74 Å². The molecule has 0 radical (unpaired) electrons. The fourth-order valence-electron chi connectivity index (χ4n) is 3.08. The van der Waals surface area contributed by atoms with Crippen molar-refractivity contribution in [3.8, 4) is 0 Å². The highest BCUT2D eigenvalue weighted by Gasteiger charge is 2.39. The van der Waals surface area contributed by atoms with E-state index in [0.717, 1.165) is 12.3 Å². The summed E-state index contributed by atoms with van der Waals surface area (Å²) in [7, 11) is 2.07. The quantitative estimate of drug-likeness (QED) is 0.772. The molecule has 2 heteroatoms. The molecule has 0 aromatic carbocycles. The van der Waals surface area contributed by atoms with Crippen LogP contribution in [0, 0.1) is 11.3 Å². The Labute approximate surface area is 120 Å². The molecular weight excluding hydrogens is 234 g/mol. The van der Waals surface area contributed by atoms with Gasteiger partial charge in [-0.2, -0.15) is 0 Å². The van der Waals surface area contributed by atoms with Crippen molar-refractivity contribution in [3.05, 3.63) is 0 Å². The van der Waals surface area contributed by atoms with E-state index in [1.165, 1.54) is 25.7 Å². The summed E-state index contributed by atoms with van der Waals surface area (Å²) in [6.07, 6.45) is 6.47. The van der Waals surface area contributed by atoms with Gasteiger partial charge in [0.2, 0.25) is 0 Å². The van der Waals surface area contributed by atoms with Crippen LogP contribution >= 0.6 is 0 Å². The average Bonchev–Trinajstić information content (AvgIpc) is 2.38. The Kier molecular flexibility index (Phi) is 5.88. The molecular formula is C17H35NO. The Morgan fingerprint density at radius 3 is 2.16 bits per heavy atom. The van der Waals surface area contributed by atoms with Crippen LogP contribution in [0.1, 0.15) is 73.6 Å². The van der Waals surface area contributed by atoms with E-state index in [0.29, 0.717) is 17.6 Å². The minimum Gasteiger partial charge on any atom is -0.371 e. The zero-order chi connectivity index (χ0) is 14.7. The maximum Gasteiger partial charge on any atom is 0.0738 e. The van der Waals surface area contributed by atoms with E-state index >= 15 is 0 Å². The molecule has 1 aliphatic rings. The van der Waals surface area contributed by atoms with Gasteiger partial charge in [-0.1, -0.05) is 34.1 Å². The van der Waals surface area contributed by atoms with Crippen LogP contribution in [0.25, 0.3) is 0 Å². The molecule has 0 aromatic heterocycles. The van der Waals surface area contributed by atoms with Crippen molar-refractivity contribution < 1.29 is 4.74 Å². The van der Waals surface area contributed by atoms with Crippen molar-refractivity contribution in [2.24, 2.45) is 11.3 Å². The topological polar surface area (TPSA) is 21.3 Å². The second kappa shape index (κ2) is 6.58. The summed E-state index contributed by atoms with van der Waals surface area (Å²) in [4.78, 5) is 0. The summed E-state index contributed by atoms with van der Waals surface area (Å²) >= 11 is 0. The molecule has 2 nitrogen and oxygen atoms in total. The van der Waals surface area contributed by atoms with Gasteiger partial charge >= 0.3 is 0 Å². The first kappa shape index (κ1) is 17.0. The second-order valence-electron chi connectivity index (χ2n) is 7.52. The van der Waals surface area contributed by atoms with Gasteiger partial charge in [0.15, 0.2) is 0 Å². The number of rotatable bonds is 6. The molecule has 1 aliphatic carbocycles. The van der Waals surface area contributed by atoms with Gasteiger partial charge in [0.25, 0.3) is 0 Å². The lowest BCUT2D eigenvalue weighted by Gasteiger charge is -2.45. The number of ether oxygens (including phenoxy) is 1. The molecule has 1 rings (SSSR count). The highest BCUT2D eigenvalue weighted by Crippen LogP contribution is 2.42. The van der Waals surface area contributed by atoms with Crippen LogP contribution in [-0.2, 0) is 4.74 Å². The molecule has 1 saturated carbocycles. The third kappa shape index (κ3) is 4.46. The minimum atomic E-state index is -0.00197. The third-order valence-electron chi connectivity index (χ3n) is 5.50. The smallest absolute Gasteiger partial charge is 0.0738 e. The van der Waals surface area contributed by atoms with Crippen LogP contribution in [0.15, 0.2) is 0 Å². The number of hydrogen-bond acceptors (Lipinski definition) is 2. The van der Waals surface area contributed by atoms with E-state index in [1.54, 1.807) is 0 Å². The van der Waals surface area contributed by atoms with Gasteiger partial charge in [-0.3, -0.25) is 0 Å². The summed E-state index contributed by atoms with van der Waals surface area (Å²) in [5.41, 5.74) is 0.439. The van der Waals surface area contributed by atoms with E-state index in [2.05, 4.69) is 53.9 Å². The number of hydrogen-bond donors (Lipinski definition) is 1. The van der Waals surface area contributed by atoms with E-state index in [-0.39, 0.29) is 5.60 Å². The first-order valence-electron chi connectivity index (χ1n) is 8.10. The molecule has 3 unspecified atom stereocenters. The van der Waals surface area contributed by atoms with Gasteiger partial charge < -0.3 is 10.1 Å². The van der Waals surface area contributed by atoms with Crippen molar-refractivity contribution in [2.75, 3.05) is 7.05 Å². The Hall–Kier alpha value is -0.0800. The predicted octanol–water partition coefficient (Wildman–Crippen LogP) is 4.38. The molecule has 0 aromatic rings. The molecule has 0 spiro atoms. The molecule has 0 bridgehead atoms. The van der Waals surface area contributed by atoms with Crippen molar-refractivity contribution in [1.29, 1.82) is 0 Å². The lowest BCUT2D eigenvalue weighted by atomic mass is 9.68. The summed E-state index contributed by atoms with van der Waals surface area (Å²) in [6.45, 7) is 13.8. The van der Waals surface area contributed by atoms with Gasteiger partial charge in [0.1, 0.15) is 0 Å². The Bertz CT molecular complexity index is 272. The Balaban J connectivity index is 2.74. The standard InChI is InChI=1S/C17H35NO/c1-8-16(3,4)13-10-11-14(18-7)15(12-13)19-17(5,6)9-2/h13-15,18H,8-12H2,1-7H3. The molecule has 19 heavy (non-hydrogen) atoms. The van der Waals surface area contributed by atoms with Crippen LogP contribution < -0.4 is 5.32 Å². The summed E-state index contributed by atoms with van der Waals surface area (Å²) in [6, 6.07) is 0.523. The minimum absolute atomic E-state index is 0.00197. The first-order chi connectivity index (χ1) is 8.75. The lowest BCUT2D eigenvalue weighted by molar-refractivity contribution is -0.114. The monoisotopic (exact) mass is 269 g/mol. The molecule has 1 N–H and O–H groups in total. The van der Waals surface area contributed by atoms with Crippen LogP contribution in [0.4, 0.5) is 0 Å². The van der Waals surface area contributed by atoms with Crippen molar-refractivity contribution in [1.82, 2.24) is 5.32 Å². The molecule has 0 amide bonds. The molecule has 0 heterocycles. The fourth-order valence-corrected chi connectivity index (χ4v) is 3.08. The molecule has 1 fully saturated rings. The highest BCUT2D eigenvalue weighted by atomic mass is 16.5. The number of nitrogens with one attached hydrogen (secondary N) is 1. The van der Waals surface area contributed by atoms with Crippen LogP contribution in [0.5, 0.6) is 0 Å². The van der Waals surface area contributed by atoms with Gasteiger partial charge in [-0.15, -0.1) is 0 Å². The van der Waals surface area contributed by atoms with Gasteiger partial charge in [-0.05, 0) is 57.9 Å². The van der Waals surface area contributed by atoms with E-state index in [9.17, 15) is 0 Å². The summed E-state index contributed by atoms with van der Waals surface area (Å²) in [5, 5.41) is 3.47. The normalized spacial score (nSPS) is 29.5. The number of likely N-dealkylation sites (N-methyl/N-ethyl adjacent to an activating group) is 1. The Morgan fingerprint density at radius 2 is 1.68 bits per heavy atom. The van der Waals surface area contributed by atoms with E-state index in [1.807, 2.05) is 0 Å². The van der Waals surface area contributed by atoms with Crippen LogP contribution in [0.2, 0.25) is 0 Å². The summed E-state index contributed by atoms with van der Waals surface area (Å²) in [5.74, 6) is 0.791. The van der Waals surface area contributed by atoms with Crippen LogP contribution in [0.3, 0.4) is 0 Å². The molecule has 0 saturated heterocycles. The maximum atomic E-state index is 6.44. The van der Waals surface area contributed by atoms with Crippen molar-refractivity contribution >= 4 is 0 Å². The molecule has 3 atom stereocenters. The van der Waals surface area contributed by atoms with Crippen LogP contribution in [-0.4, -0.2) is 24.8 Å². The van der Waals surface area contributed by atoms with Gasteiger partial charge in [0, 0.05) is 6.04 Å². The molecule has 0 aliphatic heterocycles. The highest BCUT2D eigenvalue weighted by molar-refractivity contribution is 4.91.